The minimum atomic E-state index is -0.407. The summed E-state index contributed by atoms with van der Waals surface area (Å²) in [6.45, 7) is 1.94. The van der Waals surface area contributed by atoms with E-state index in [4.69, 9.17) is 0 Å². The normalized spacial score (nSPS) is 23.4. The van der Waals surface area contributed by atoms with E-state index in [-0.39, 0.29) is 17.9 Å². The highest BCUT2D eigenvalue weighted by Gasteiger charge is 2.37. The molecule has 1 atom stereocenters. The highest BCUT2D eigenvalue weighted by molar-refractivity contribution is 6.11. The fraction of sp³-hybridized carbons (Fsp3) is 0.500. The number of benzene rings is 1. The molecular weight excluding hydrogens is 252 g/mol. The van der Waals surface area contributed by atoms with Crippen molar-refractivity contribution >= 4 is 17.5 Å². The van der Waals surface area contributed by atoms with Crippen LogP contribution in [0.2, 0.25) is 0 Å². The summed E-state index contributed by atoms with van der Waals surface area (Å²) in [5, 5.41) is 2.86. The molecule has 1 heterocycles. The van der Waals surface area contributed by atoms with Crippen molar-refractivity contribution in [2.75, 3.05) is 4.90 Å². The number of carbonyl (C=O) groups is 2. The number of rotatable bonds is 2. The molecule has 1 N–H and O–H groups in total. The molecular formula is C16H20N2O2. The van der Waals surface area contributed by atoms with Gasteiger partial charge in [0.25, 0.3) is 5.91 Å². The number of nitrogens with zero attached hydrogens (tertiary/aromatic N) is 1. The molecule has 1 unspecified atom stereocenters. The van der Waals surface area contributed by atoms with Gasteiger partial charge in [0.15, 0.2) is 0 Å². The van der Waals surface area contributed by atoms with E-state index in [2.05, 4.69) is 5.32 Å². The second-order valence-electron chi connectivity index (χ2n) is 5.60. The molecule has 2 aliphatic rings. The minimum absolute atomic E-state index is 0.0395. The van der Waals surface area contributed by atoms with Crippen molar-refractivity contribution in [3.63, 3.8) is 0 Å². The maximum atomic E-state index is 12.8. The average molecular weight is 272 g/mol. The number of nitrogens with one attached hydrogen (secondary N) is 1. The summed E-state index contributed by atoms with van der Waals surface area (Å²) in [6.07, 6.45) is 5.01. The van der Waals surface area contributed by atoms with Gasteiger partial charge in [-0.3, -0.25) is 9.59 Å². The monoisotopic (exact) mass is 272 g/mol. The summed E-state index contributed by atoms with van der Waals surface area (Å²) >= 11 is 0. The van der Waals surface area contributed by atoms with Gasteiger partial charge >= 0.3 is 0 Å². The molecule has 1 aliphatic heterocycles. The van der Waals surface area contributed by atoms with Crippen molar-refractivity contribution in [2.45, 2.75) is 51.1 Å². The van der Waals surface area contributed by atoms with Crippen LogP contribution in [0, 0.1) is 0 Å². The number of carbonyl (C=O) groups excluding carboxylic acids is 2. The van der Waals surface area contributed by atoms with Crippen LogP contribution >= 0.6 is 0 Å². The lowest BCUT2D eigenvalue weighted by Gasteiger charge is -2.30. The smallest absolute Gasteiger partial charge is 0.254 e. The van der Waals surface area contributed by atoms with Gasteiger partial charge in [-0.15, -0.1) is 0 Å². The Bertz CT molecular complexity index is 535. The average Bonchev–Trinajstić information content (AvgIpc) is 2.95. The zero-order valence-corrected chi connectivity index (χ0v) is 11.8. The van der Waals surface area contributed by atoms with Crippen LogP contribution in [0.5, 0.6) is 0 Å². The van der Waals surface area contributed by atoms with Crippen LogP contribution in [0.25, 0.3) is 0 Å². The third-order valence-corrected chi connectivity index (χ3v) is 4.35. The molecule has 1 fully saturated rings. The topological polar surface area (TPSA) is 49.4 Å². The molecule has 106 valence electrons. The van der Waals surface area contributed by atoms with E-state index in [1.54, 1.807) is 6.07 Å². The number of hydrogen-bond acceptors (Lipinski definition) is 2. The summed E-state index contributed by atoms with van der Waals surface area (Å²) in [5.41, 5.74) is 1.39. The molecule has 0 bridgehead atoms. The number of para-hydroxylation sites is 1. The molecule has 0 aromatic heterocycles. The van der Waals surface area contributed by atoms with E-state index in [0.29, 0.717) is 12.0 Å². The Morgan fingerprint density at radius 3 is 2.60 bits per heavy atom. The number of amides is 2. The second-order valence-corrected chi connectivity index (χ2v) is 5.60. The molecule has 1 aromatic carbocycles. The Labute approximate surface area is 119 Å². The SMILES string of the molecule is CCC1NC(=O)c2ccccc2N(C2CCCC2)C1=O. The molecule has 20 heavy (non-hydrogen) atoms. The molecule has 4 nitrogen and oxygen atoms in total. The van der Waals surface area contributed by atoms with Crippen molar-refractivity contribution in [2.24, 2.45) is 0 Å². The fourth-order valence-electron chi connectivity index (χ4n) is 3.28. The van der Waals surface area contributed by atoms with Gasteiger partial charge in [-0.1, -0.05) is 31.9 Å². The third kappa shape index (κ3) is 2.09. The van der Waals surface area contributed by atoms with Gasteiger partial charge in [-0.25, -0.2) is 0 Å². The first-order chi connectivity index (χ1) is 9.72. The lowest BCUT2D eigenvalue weighted by atomic mass is 10.1. The molecule has 1 aromatic rings. The molecule has 2 amide bonds. The van der Waals surface area contributed by atoms with Crippen LogP contribution in [-0.2, 0) is 4.79 Å². The first kappa shape index (κ1) is 13.2. The lowest BCUT2D eigenvalue weighted by molar-refractivity contribution is -0.120. The Kier molecular flexibility index (Phi) is 3.47. The van der Waals surface area contributed by atoms with E-state index in [9.17, 15) is 9.59 Å². The molecule has 4 heteroatoms. The van der Waals surface area contributed by atoms with E-state index in [1.165, 1.54) is 0 Å². The molecule has 0 radical (unpaired) electrons. The second kappa shape index (κ2) is 5.27. The lowest BCUT2D eigenvalue weighted by Crippen LogP contribution is -2.48. The van der Waals surface area contributed by atoms with Gasteiger partial charge in [0.1, 0.15) is 6.04 Å². The highest BCUT2D eigenvalue weighted by Crippen LogP contribution is 2.32. The third-order valence-electron chi connectivity index (χ3n) is 4.35. The van der Waals surface area contributed by atoms with E-state index < -0.39 is 6.04 Å². The zero-order chi connectivity index (χ0) is 14.1. The molecule has 1 aliphatic carbocycles. The van der Waals surface area contributed by atoms with Crippen molar-refractivity contribution < 1.29 is 9.59 Å². The molecule has 3 rings (SSSR count). The van der Waals surface area contributed by atoms with Gasteiger partial charge in [0.2, 0.25) is 5.91 Å². The fourth-order valence-corrected chi connectivity index (χ4v) is 3.28. The summed E-state index contributed by atoms with van der Waals surface area (Å²) in [7, 11) is 0. The molecule has 0 saturated heterocycles. The Morgan fingerprint density at radius 1 is 1.20 bits per heavy atom. The standard InChI is InChI=1S/C16H20N2O2/c1-2-13-16(20)18(11-7-3-4-8-11)14-10-6-5-9-12(14)15(19)17-13/h5-6,9-11,13H,2-4,7-8H2,1H3,(H,17,19). The first-order valence-electron chi connectivity index (χ1n) is 7.45. The van der Waals surface area contributed by atoms with Crippen LogP contribution in [-0.4, -0.2) is 23.9 Å². The van der Waals surface area contributed by atoms with Crippen LogP contribution in [0.15, 0.2) is 24.3 Å². The predicted molar refractivity (Wildman–Crippen MR) is 77.7 cm³/mol. The maximum Gasteiger partial charge on any atom is 0.254 e. The van der Waals surface area contributed by atoms with Gasteiger partial charge in [0, 0.05) is 6.04 Å². The number of fused-ring (bicyclic) bond motifs is 1. The summed E-state index contributed by atoms with van der Waals surface area (Å²) in [5.74, 6) is -0.0982. The van der Waals surface area contributed by atoms with Crippen molar-refractivity contribution in [1.82, 2.24) is 5.32 Å². The van der Waals surface area contributed by atoms with Crippen LogP contribution in [0.4, 0.5) is 5.69 Å². The van der Waals surface area contributed by atoms with E-state index in [1.807, 2.05) is 30.0 Å². The van der Waals surface area contributed by atoms with Gasteiger partial charge in [-0.05, 0) is 31.4 Å². The van der Waals surface area contributed by atoms with Crippen LogP contribution in [0.3, 0.4) is 0 Å². The van der Waals surface area contributed by atoms with Crippen molar-refractivity contribution in [3.05, 3.63) is 29.8 Å². The van der Waals surface area contributed by atoms with Crippen LogP contribution in [0.1, 0.15) is 49.4 Å². The molecule has 1 saturated carbocycles. The number of hydrogen-bond donors (Lipinski definition) is 1. The number of anilines is 1. The van der Waals surface area contributed by atoms with Crippen LogP contribution < -0.4 is 10.2 Å². The summed E-state index contributed by atoms with van der Waals surface area (Å²) in [6, 6.07) is 7.28. The van der Waals surface area contributed by atoms with Gasteiger partial charge in [0.05, 0.1) is 11.3 Å². The summed E-state index contributed by atoms with van der Waals surface area (Å²) in [4.78, 5) is 27.0. The maximum absolute atomic E-state index is 12.8. The Morgan fingerprint density at radius 2 is 1.90 bits per heavy atom. The highest BCUT2D eigenvalue weighted by atomic mass is 16.2. The van der Waals surface area contributed by atoms with E-state index >= 15 is 0 Å². The zero-order valence-electron chi connectivity index (χ0n) is 11.8. The van der Waals surface area contributed by atoms with Crippen molar-refractivity contribution in [3.8, 4) is 0 Å². The quantitative estimate of drug-likeness (QED) is 0.899. The van der Waals surface area contributed by atoms with Crippen molar-refractivity contribution in [1.29, 1.82) is 0 Å². The molecule has 0 spiro atoms. The minimum Gasteiger partial charge on any atom is -0.340 e. The van der Waals surface area contributed by atoms with Gasteiger partial charge < -0.3 is 10.2 Å². The Hall–Kier alpha value is -1.84. The van der Waals surface area contributed by atoms with Gasteiger partial charge in [-0.2, -0.15) is 0 Å². The summed E-state index contributed by atoms with van der Waals surface area (Å²) < 4.78 is 0. The first-order valence-corrected chi connectivity index (χ1v) is 7.45. The Balaban J connectivity index is 2.08. The van der Waals surface area contributed by atoms with E-state index in [0.717, 1.165) is 31.4 Å². The predicted octanol–water partition coefficient (Wildman–Crippen LogP) is 2.48. The largest absolute Gasteiger partial charge is 0.340 e.